The van der Waals surface area contributed by atoms with Crippen LogP contribution in [0.3, 0.4) is 0 Å². The number of carbonyl (C=O) groups excluding carboxylic acids is 1. The third-order valence-corrected chi connectivity index (χ3v) is 6.16. The summed E-state index contributed by atoms with van der Waals surface area (Å²) in [6.45, 7) is -0.149. The Morgan fingerprint density at radius 1 is 1.11 bits per heavy atom. The first kappa shape index (κ1) is 19.4. The van der Waals surface area contributed by atoms with Crippen molar-refractivity contribution in [3.63, 3.8) is 0 Å². The van der Waals surface area contributed by atoms with Crippen LogP contribution >= 0.6 is 0 Å². The molecular formula is C19H19F2NO4S. The molecule has 0 spiro atoms. The predicted molar refractivity (Wildman–Crippen MR) is 95.0 cm³/mol. The number of alkyl halides is 2. The number of hydrogen-bond donors (Lipinski definition) is 2. The van der Waals surface area contributed by atoms with Gasteiger partial charge >= 0.3 is 5.76 Å². The van der Waals surface area contributed by atoms with Crippen LogP contribution in [0.15, 0.2) is 59.5 Å². The van der Waals surface area contributed by atoms with E-state index in [-0.39, 0.29) is 18.0 Å². The van der Waals surface area contributed by atoms with Crippen LogP contribution in [0, 0.1) is 5.92 Å². The van der Waals surface area contributed by atoms with Crippen molar-refractivity contribution in [2.75, 3.05) is 6.54 Å². The maximum atomic E-state index is 12.9. The average Bonchev–Trinajstić information content (AvgIpc) is 3.52. The van der Waals surface area contributed by atoms with Gasteiger partial charge in [-0.15, -0.1) is 0 Å². The zero-order valence-electron chi connectivity index (χ0n) is 14.3. The van der Waals surface area contributed by atoms with Crippen LogP contribution in [-0.4, -0.2) is 31.7 Å². The molecule has 3 rings (SSSR count). The second kappa shape index (κ2) is 7.36. The molecule has 144 valence electrons. The molecule has 0 aromatic heterocycles. The van der Waals surface area contributed by atoms with E-state index in [1.807, 2.05) is 0 Å². The Morgan fingerprint density at radius 2 is 1.70 bits per heavy atom. The smallest absolute Gasteiger partial charge is 0.341 e. The highest BCUT2D eigenvalue weighted by atomic mass is 32.2. The molecule has 8 heteroatoms. The lowest BCUT2D eigenvalue weighted by atomic mass is 9.88. The Morgan fingerprint density at radius 3 is 2.30 bits per heavy atom. The van der Waals surface area contributed by atoms with Gasteiger partial charge < -0.3 is 10.4 Å². The van der Waals surface area contributed by atoms with Crippen LogP contribution in [0.1, 0.15) is 28.8 Å². The second-order valence-corrected chi connectivity index (χ2v) is 8.44. The van der Waals surface area contributed by atoms with Gasteiger partial charge in [0.2, 0.25) is 9.84 Å². The molecule has 0 saturated heterocycles. The molecule has 1 atom stereocenters. The van der Waals surface area contributed by atoms with Crippen LogP contribution < -0.4 is 5.32 Å². The van der Waals surface area contributed by atoms with Crippen LogP contribution in [0.2, 0.25) is 0 Å². The van der Waals surface area contributed by atoms with Gasteiger partial charge in [0, 0.05) is 0 Å². The molecule has 0 aliphatic heterocycles. The first-order chi connectivity index (χ1) is 12.8. The minimum atomic E-state index is -4.92. The van der Waals surface area contributed by atoms with E-state index < -0.39 is 32.0 Å². The summed E-state index contributed by atoms with van der Waals surface area (Å²) in [4.78, 5) is 11.8. The van der Waals surface area contributed by atoms with Crippen molar-refractivity contribution >= 4 is 15.7 Å². The van der Waals surface area contributed by atoms with Gasteiger partial charge in [0.05, 0.1) is 17.0 Å². The minimum absolute atomic E-state index is 0.0276. The van der Waals surface area contributed by atoms with Crippen LogP contribution in [0.4, 0.5) is 8.78 Å². The lowest BCUT2D eigenvalue weighted by Crippen LogP contribution is -2.42. The molecule has 1 fully saturated rings. The van der Waals surface area contributed by atoms with Crippen molar-refractivity contribution in [1.29, 1.82) is 0 Å². The summed E-state index contributed by atoms with van der Waals surface area (Å²) < 4.78 is 49.4. The summed E-state index contributed by atoms with van der Waals surface area (Å²) >= 11 is 0. The van der Waals surface area contributed by atoms with Crippen molar-refractivity contribution in [3.8, 4) is 0 Å². The third kappa shape index (κ3) is 3.86. The number of benzene rings is 2. The zero-order valence-corrected chi connectivity index (χ0v) is 15.1. The minimum Gasteiger partial charge on any atom is -0.383 e. The van der Waals surface area contributed by atoms with E-state index in [4.69, 9.17) is 0 Å². The summed E-state index contributed by atoms with van der Waals surface area (Å²) in [6.07, 6.45) is 1.61. The van der Waals surface area contributed by atoms with E-state index in [0.29, 0.717) is 5.56 Å². The fraction of sp³-hybridized carbons (Fsp3) is 0.316. The Hall–Kier alpha value is -2.32. The molecular weight excluding hydrogens is 376 g/mol. The summed E-state index contributed by atoms with van der Waals surface area (Å²) in [5.74, 6) is -4.48. The van der Waals surface area contributed by atoms with Gasteiger partial charge in [-0.25, -0.2) is 8.42 Å². The maximum Gasteiger partial charge on any atom is 0.341 e. The number of amides is 1. The topological polar surface area (TPSA) is 83.5 Å². The summed E-state index contributed by atoms with van der Waals surface area (Å²) in [5, 5.41) is 13.6. The van der Waals surface area contributed by atoms with Gasteiger partial charge in [0.15, 0.2) is 0 Å². The van der Waals surface area contributed by atoms with E-state index in [2.05, 4.69) is 5.32 Å². The fourth-order valence-corrected chi connectivity index (χ4v) is 4.01. The molecule has 0 unspecified atom stereocenters. The first-order valence-corrected chi connectivity index (χ1v) is 9.98. The molecule has 1 amide bonds. The van der Waals surface area contributed by atoms with Gasteiger partial charge in [-0.1, -0.05) is 42.5 Å². The van der Waals surface area contributed by atoms with Crippen molar-refractivity contribution in [2.45, 2.75) is 29.1 Å². The first-order valence-electron chi connectivity index (χ1n) is 8.44. The highest BCUT2D eigenvalue weighted by Gasteiger charge is 2.45. The molecule has 5 nitrogen and oxygen atoms in total. The Balaban J connectivity index is 1.84. The van der Waals surface area contributed by atoms with E-state index in [1.165, 1.54) is 18.2 Å². The monoisotopic (exact) mass is 395 g/mol. The molecule has 0 radical (unpaired) electrons. The lowest BCUT2D eigenvalue weighted by Gasteiger charge is -2.29. The van der Waals surface area contributed by atoms with E-state index in [9.17, 15) is 27.1 Å². The Labute approximate surface area is 155 Å². The molecule has 0 bridgehead atoms. The van der Waals surface area contributed by atoms with Crippen LogP contribution in [0.25, 0.3) is 0 Å². The summed E-state index contributed by atoms with van der Waals surface area (Å²) in [7, 11) is -4.92. The van der Waals surface area contributed by atoms with Crippen molar-refractivity contribution in [3.05, 3.63) is 65.7 Å². The highest BCUT2D eigenvalue weighted by molar-refractivity contribution is 7.91. The summed E-state index contributed by atoms with van der Waals surface area (Å²) in [5.41, 5.74) is -1.03. The third-order valence-electron chi connectivity index (χ3n) is 4.72. The average molecular weight is 395 g/mol. The number of carbonyl (C=O) groups is 1. The largest absolute Gasteiger partial charge is 0.383 e. The normalized spacial score (nSPS) is 16.7. The quantitative estimate of drug-likeness (QED) is 0.755. The predicted octanol–water partition coefficient (Wildman–Crippen LogP) is 2.71. The molecule has 27 heavy (non-hydrogen) atoms. The number of aliphatic hydroxyl groups is 1. The Kier molecular flexibility index (Phi) is 5.30. The van der Waals surface area contributed by atoms with Gasteiger partial charge in [0.25, 0.3) is 5.91 Å². The fourth-order valence-electron chi connectivity index (χ4n) is 3.08. The molecule has 2 aromatic carbocycles. The van der Waals surface area contributed by atoms with E-state index in [1.54, 1.807) is 30.3 Å². The highest BCUT2D eigenvalue weighted by Crippen LogP contribution is 2.45. The molecule has 2 aromatic rings. The number of rotatable bonds is 7. The van der Waals surface area contributed by atoms with E-state index >= 15 is 0 Å². The van der Waals surface area contributed by atoms with Gasteiger partial charge in [-0.3, -0.25) is 4.79 Å². The van der Waals surface area contributed by atoms with Gasteiger partial charge in [0.1, 0.15) is 5.60 Å². The van der Waals surface area contributed by atoms with Gasteiger partial charge in [-0.05, 0) is 36.5 Å². The van der Waals surface area contributed by atoms with Crippen molar-refractivity contribution in [2.24, 2.45) is 5.92 Å². The molecule has 0 heterocycles. The lowest BCUT2D eigenvalue weighted by molar-refractivity contribution is 0.0134. The number of sulfone groups is 1. The molecule has 2 N–H and O–H groups in total. The zero-order chi connectivity index (χ0) is 19.7. The summed E-state index contributed by atoms with van der Waals surface area (Å²) in [6, 6.07) is 13.7. The van der Waals surface area contributed by atoms with Crippen molar-refractivity contribution in [1.82, 2.24) is 5.32 Å². The van der Waals surface area contributed by atoms with E-state index in [0.717, 1.165) is 18.9 Å². The number of halogens is 2. The number of nitrogens with one attached hydrogen (secondary N) is 1. The van der Waals surface area contributed by atoms with Crippen LogP contribution in [-0.2, 0) is 15.4 Å². The Bertz CT molecular complexity index is 930. The van der Waals surface area contributed by atoms with Gasteiger partial charge in [-0.2, -0.15) is 8.78 Å². The van der Waals surface area contributed by atoms with Crippen molar-refractivity contribution < 1.29 is 27.1 Å². The molecule has 1 saturated carbocycles. The number of hydrogen-bond acceptors (Lipinski definition) is 4. The molecule has 1 aliphatic carbocycles. The standard InChI is InChI=1S/C19H19F2NO4S/c20-18(21)27(25,26)16-9-5-4-8-15(16)17(23)22-12-19(24,14-10-11-14)13-6-2-1-3-7-13/h1-9,14,18,24H,10-12H2,(H,22,23)/t19-/m1/s1. The SMILES string of the molecule is O=C(NC[C@@](O)(c1ccccc1)C1CC1)c1ccccc1S(=O)(=O)C(F)F. The van der Waals surface area contributed by atoms with Crippen LogP contribution in [0.5, 0.6) is 0 Å². The molecule has 1 aliphatic rings. The second-order valence-electron chi connectivity index (χ2n) is 6.55. The maximum absolute atomic E-state index is 12.9.